The Kier molecular flexibility index (Phi) is 7.63. The standard InChI is InChI=1S/C16H29NO3/c1-12(2)13-7-9-14(10-8-13)16(20)17-11-5-3-4-6-15(18)19/h12-14H,3-11H2,1-2H3,(H,17,20)(H,18,19). The van der Waals surface area contributed by atoms with E-state index in [1.54, 1.807) is 0 Å². The second-order valence-corrected chi connectivity index (χ2v) is 6.35. The van der Waals surface area contributed by atoms with Gasteiger partial charge in [0.25, 0.3) is 0 Å². The van der Waals surface area contributed by atoms with Gasteiger partial charge in [-0.25, -0.2) is 0 Å². The summed E-state index contributed by atoms with van der Waals surface area (Å²) in [6.45, 7) is 5.22. The van der Waals surface area contributed by atoms with E-state index in [2.05, 4.69) is 19.2 Å². The molecule has 0 spiro atoms. The molecule has 0 aliphatic heterocycles. The SMILES string of the molecule is CC(C)C1CCC(C(=O)NCCCCCC(=O)O)CC1. The zero-order valence-electron chi connectivity index (χ0n) is 12.9. The van der Waals surface area contributed by atoms with Gasteiger partial charge in [0.15, 0.2) is 0 Å². The van der Waals surface area contributed by atoms with Crippen molar-refractivity contribution in [1.29, 1.82) is 0 Å². The second-order valence-electron chi connectivity index (χ2n) is 6.35. The lowest BCUT2D eigenvalue weighted by molar-refractivity contribution is -0.137. The minimum atomic E-state index is -0.740. The van der Waals surface area contributed by atoms with E-state index in [-0.39, 0.29) is 18.2 Å². The zero-order valence-corrected chi connectivity index (χ0v) is 12.9. The van der Waals surface area contributed by atoms with Crippen molar-refractivity contribution in [2.75, 3.05) is 6.54 Å². The smallest absolute Gasteiger partial charge is 0.303 e. The van der Waals surface area contributed by atoms with Gasteiger partial charge in [-0.05, 0) is 50.4 Å². The Morgan fingerprint density at radius 1 is 1.10 bits per heavy atom. The third-order valence-electron chi connectivity index (χ3n) is 4.45. The fourth-order valence-corrected chi connectivity index (χ4v) is 2.98. The molecule has 0 atom stereocenters. The van der Waals surface area contributed by atoms with Crippen LogP contribution < -0.4 is 5.32 Å². The summed E-state index contributed by atoms with van der Waals surface area (Å²) in [4.78, 5) is 22.4. The van der Waals surface area contributed by atoms with E-state index in [1.165, 1.54) is 12.8 Å². The van der Waals surface area contributed by atoms with Crippen molar-refractivity contribution in [3.63, 3.8) is 0 Å². The van der Waals surface area contributed by atoms with Gasteiger partial charge in [-0.1, -0.05) is 20.3 Å². The fourth-order valence-electron chi connectivity index (χ4n) is 2.98. The van der Waals surface area contributed by atoms with Gasteiger partial charge in [0.2, 0.25) is 5.91 Å². The lowest BCUT2D eigenvalue weighted by Crippen LogP contribution is -2.34. The highest BCUT2D eigenvalue weighted by molar-refractivity contribution is 5.78. The lowest BCUT2D eigenvalue weighted by Gasteiger charge is -2.30. The number of hydrogen-bond donors (Lipinski definition) is 2. The fraction of sp³-hybridized carbons (Fsp3) is 0.875. The maximum absolute atomic E-state index is 12.0. The minimum Gasteiger partial charge on any atom is -0.481 e. The highest BCUT2D eigenvalue weighted by Crippen LogP contribution is 2.33. The highest BCUT2D eigenvalue weighted by Gasteiger charge is 2.27. The number of amides is 1. The van der Waals surface area contributed by atoms with Crippen molar-refractivity contribution in [1.82, 2.24) is 5.32 Å². The number of carbonyl (C=O) groups excluding carboxylic acids is 1. The molecular formula is C16H29NO3. The van der Waals surface area contributed by atoms with E-state index in [0.29, 0.717) is 13.0 Å². The molecule has 1 rings (SSSR count). The third-order valence-corrected chi connectivity index (χ3v) is 4.45. The summed E-state index contributed by atoms with van der Waals surface area (Å²) in [7, 11) is 0. The average Bonchev–Trinajstić information content (AvgIpc) is 2.42. The number of unbranched alkanes of at least 4 members (excludes halogenated alkanes) is 2. The van der Waals surface area contributed by atoms with E-state index >= 15 is 0 Å². The molecule has 0 radical (unpaired) electrons. The quantitative estimate of drug-likeness (QED) is 0.672. The van der Waals surface area contributed by atoms with Crippen LogP contribution in [0.25, 0.3) is 0 Å². The Labute approximate surface area is 122 Å². The summed E-state index contributed by atoms with van der Waals surface area (Å²) in [5.41, 5.74) is 0. The first-order valence-corrected chi connectivity index (χ1v) is 8.00. The van der Waals surface area contributed by atoms with E-state index < -0.39 is 5.97 Å². The Balaban J connectivity index is 2.07. The van der Waals surface area contributed by atoms with Crippen molar-refractivity contribution in [3.05, 3.63) is 0 Å². The molecule has 2 N–H and O–H groups in total. The maximum Gasteiger partial charge on any atom is 0.303 e. The van der Waals surface area contributed by atoms with Crippen LogP contribution in [0.3, 0.4) is 0 Å². The van der Waals surface area contributed by atoms with Gasteiger partial charge in [-0.15, -0.1) is 0 Å². The van der Waals surface area contributed by atoms with Gasteiger partial charge < -0.3 is 10.4 Å². The molecule has 1 aliphatic carbocycles. The Morgan fingerprint density at radius 3 is 2.30 bits per heavy atom. The lowest BCUT2D eigenvalue weighted by atomic mass is 9.77. The zero-order chi connectivity index (χ0) is 15.0. The molecule has 20 heavy (non-hydrogen) atoms. The first-order chi connectivity index (χ1) is 9.50. The van der Waals surface area contributed by atoms with Crippen LogP contribution in [-0.2, 0) is 9.59 Å². The van der Waals surface area contributed by atoms with Crippen molar-refractivity contribution >= 4 is 11.9 Å². The van der Waals surface area contributed by atoms with Crippen molar-refractivity contribution in [2.24, 2.45) is 17.8 Å². The van der Waals surface area contributed by atoms with Gasteiger partial charge in [0.05, 0.1) is 0 Å². The number of hydrogen-bond acceptors (Lipinski definition) is 2. The van der Waals surface area contributed by atoms with Gasteiger partial charge in [-0.3, -0.25) is 9.59 Å². The molecule has 0 aromatic heterocycles. The Hall–Kier alpha value is -1.06. The summed E-state index contributed by atoms with van der Waals surface area (Å²) in [5.74, 6) is 1.17. The molecule has 4 nitrogen and oxygen atoms in total. The van der Waals surface area contributed by atoms with Gasteiger partial charge in [0.1, 0.15) is 0 Å². The number of rotatable bonds is 8. The van der Waals surface area contributed by atoms with E-state index in [4.69, 9.17) is 5.11 Å². The minimum absolute atomic E-state index is 0.198. The first kappa shape index (κ1) is 17.0. The molecule has 1 fully saturated rings. The van der Waals surface area contributed by atoms with Gasteiger partial charge >= 0.3 is 5.97 Å². The van der Waals surface area contributed by atoms with Crippen molar-refractivity contribution < 1.29 is 14.7 Å². The van der Waals surface area contributed by atoms with Crippen LogP contribution >= 0.6 is 0 Å². The molecular weight excluding hydrogens is 254 g/mol. The topological polar surface area (TPSA) is 66.4 Å². The molecule has 0 unspecified atom stereocenters. The molecule has 0 bridgehead atoms. The molecule has 1 amide bonds. The third kappa shape index (κ3) is 6.40. The molecule has 0 aromatic rings. The summed E-state index contributed by atoms with van der Waals surface area (Å²) in [6, 6.07) is 0. The van der Waals surface area contributed by atoms with Crippen LogP contribution in [0.5, 0.6) is 0 Å². The largest absolute Gasteiger partial charge is 0.481 e. The van der Waals surface area contributed by atoms with Crippen LogP contribution in [0.1, 0.15) is 65.2 Å². The molecule has 116 valence electrons. The number of aliphatic carboxylic acids is 1. The maximum atomic E-state index is 12.0. The number of carbonyl (C=O) groups is 2. The van der Waals surface area contributed by atoms with Crippen LogP contribution in [0.4, 0.5) is 0 Å². The van der Waals surface area contributed by atoms with E-state index in [1.807, 2.05) is 0 Å². The number of carboxylic acids is 1. The Bertz CT molecular complexity index is 307. The average molecular weight is 283 g/mol. The number of nitrogens with one attached hydrogen (secondary N) is 1. The van der Waals surface area contributed by atoms with Crippen molar-refractivity contribution in [3.8, 4) is 0 Å². The second kappa shape index (κ2) is 8.98. The predicted molar refractivity (Wildman–Crippen MR) is 79.4 cm³/mol. The molecule has 0 aromatic carbocycles. The van der Waals surface area contributed by atoms with Crippen LogP contribution in [0.15, 0.2) is 0 Å². The highest BCUT2D eigenvalue weighted by atomic mass is 16.4. The Morgan fingerprint density at radius 2 is 1.75 bits per heavy atom. The number of carboxylic acid groups (broad SMARTS) is 1. The molecule has 0 saturated heterocycles. The molecule has 1 aliphatic rings. The van der Waals surface area contributed by atoms with Crippen LogP contribution in [-0.4, -0.2) is 23.5 Å². The van der Waals surface area contributed by atoms with Gasteiger partial charge in [0, 0.05) is 18.9 Å². The summed E-state index contributed by atoms with van der Waals surface area (Å²) >= 11 is 0. The molecule has 1 saturated carbocycles. The van der Waals surface area contributed by atoms with Crippen LogP contribution in [0, 0.1) is 17.8 Å². The first-order valence-electron chi connectivity index (χ1n) is 8.00. The predicted octanol–water partition coefficient (Wildman–Crippen LogP) is 3.21. The van der Waals surface area contributed by atoms with E-state index in [9.17, 15) is 9.59 Å². The molecule has 0 heterocycles. The summed E-state index contributed by atoms with van der Waals surface area (Å²) in [6.07, 6.45) is 7.06. The monoisotopic (exact) mass is 283 g/mol. The van der Waals surface area contributed by atoms with Crippen LogP contribution in [0.2, 0.25) is 0 Å². The normalized spacial score (nSPS) is 22.8. The summed E-state index contributed by atoms with van der Waals surface area (Å²) < 4.78 is 0. The molecule has 4 heteroatoms. The summed E-state index contributed by atoms with van der Waals surface area (Å²) in [5, 5.41) is 11.5. The van der Waals surface area contributed by atoms with Crippen molar-refractivity contribution in [2.45, 2.75) is 65.2 Å². The van der Waals surface area contributed by atoms with Gasteiger partial charge in [-0.2, -0.15) is 0 Å². The van der Waals surface area contributed by atoms with E-state index in [0.717, 1.165) is 37.5 Å².